The van der Waals surface area contributed by atoms with E-state index in [-0.39, 0.29) is 0 Å². The molecule has 0 spiro atoms. The molecule has 2 heterocycles. The SMILES string of the molecule is N=C1N2CCN=C2c2ccccc2S1=N. The summed E-state index contributed by atoms with van der Waals surface area (Å²) < 4.78 is 8.02. The standard InChI is InChI=1S/C10H10N4S/c11-10-14-6-5-13-9(14)7-3-1-2-4-8(7)15(10)12/h1-4,11-12H,5-6H2. The lowest BCUT2D eigenvalue weighted by atomic mass is 10.2. The number of fused-ring (bicyclic) bond motifs is 3. The van der Waals surface area contributed by atoms with Crippen LogP contribution >= 0.6 is 0 Å². The Balaban J connectivity index is 2.28. The lowest BCUT2D eigenvalue weighted by Gasteiger charge is -2.28. The highest BCUT2D eigenvalue weighted by atomic mass is 32.2. The lowest BCUT2D eigenvalue weighted by molar-refractivity contribution is 0.669. The van der Waals surface area contributed by atoms with Gasteiger partial charge in [0.15, 0.2) is 5.17 Å². The van der Waals surface area contributed by atoms with Crippen molar-refractivity contribution in [3.63, 3.8) is 0 Å². The molecular formula is C10H10N4S. The molecule has 2 aliphatic rings. The van der Waals surface area contributed by atoms with Crippen molar-refractivity contribution < 1.29 is 0 Å². The Morgan fingerprint density at radius 2 is 2.13 bits per heavy atom. The number of nitrogens with one attached hydrogen (secondary N) is 2. The van der Waals surface area contributed by atoms with E-state index in [1.165, 1.54) is 0 Å². The zero-order valence-corrected chi connectivity index (χ0v) is 8.84. The highest BCUT2D eigenvalue weighted by Crippen LogP contribution is 2.26. The summed E-state index contributed by atoms with van der Waals surface area (Å²) in [7, 11) is -0.842. The molecule has 4 nitrogen and oxygen atoms in total. The number of hydrogen-bond donors (Lipinski definition) is 2. The fraction of sp³-hybridized carbons (Fsp3) is 0.200. The smallest absolute Gasteiger partial charge is 0.177 e. The van der Waals surface area contributed by atoms with Crippen molar-refractivity contribution >= 4 is 21.7 Å². The predicted molar refractivity (Wildman–Crippen MR) is 60.6 cm³/mol. The molecule has 0 amide bonds. The molecule has 1 unspecified atom stereocenters. The van der Waals surface area contributed by atoms with Crippen molar-refractivity contribution in [3.05, 3.63) is 29.8 Å². The van der Waals surface area contributed by atoms with Crippen LogP contribution in [0, 0.1) is 10.2 Å². The van der Waals surface area contributed by atoms with E-state index in [0.29, 0.717) is 5.17 Å². The highest BCUT2D eigenvalue weighted by molar-refractivity contribution is 8.01. The molecule has 0 bridgehead atoms. The summed E-state index contributed by atoms with van der Waals surface area (Å²) in [6, 6.07) is 7.81. The van der Waals surface area contributed by atoms with Gasteiger partial charge < -0.3 is 4.90 Å². The fourth-order valence-electron chi connectivity index (χ4n) is 1.92. The van der Waals surface area contributed by atoms with Crippen molar-refractivity contribution in [3.8, 4) is 0 Å². The van der Waals surface area contributed by atoms with Gasteiger partial charge in [-0.3, -0.25) is 15.2 Å². The van der Waals surface area contributed by atoms with Crippen molar-refractivity contribution in [1.29, 1.82) is 10.2 Å². The van der Waals surface area contributed by atoms with Crippen LogP contribution in [0.25, 0.3) is 0 Å². The number of amidine groups is 2. The molecule has 0 saturated heterocycles. The lowest BCUT2D eigenvalue weighted by Crippen LogP contribution is -2.40. The first-order chi connectivity index (χ1) is 7.29. The molecule has 76 valence electrons. The van der Waals surface area contributed by atoms with Gasteiger partial charge in [0.25, 0.3) is 0 Å². The summed E-state index contributed by atoms with van der Waals surface area (Å²) in [6.07, 6.45) is 0. The second kappa shape index (κ2) is 3.00. The van der Waals surface area contributed by atoms with Crippen LogP contribution in [0.15, 0.2) is 34.2 Å². The van der Waals surface area contributed by atoms with E-state index in [1.807, 2.05) is 29.2 Å². The molecule has 0 aliphatic carbocycles. The zero-order valence-electron chi connectivity index (χ0n) is 8.03. The van der Waals surface area contributed by atoms with Crippen molar-refractivity contribution in [2.75, 3.05) is 13.1 Å². The summed E-state index contributed by atoms with van der Waals surface area (Å²) >= 11 is 0. The van der Waals surface area contributed by atoms with E-state index < -0.39 is 10.7 Å². The van der Waals surface area contributed by atoms with Gasteiger partial charge in [0.1, 0.15) is 5.84 Å². The summed E-state index contributed by atoms with van der Waals surface area (Å²) in [5, 5.41) is 8.30. The average molecular weight is 218 g/mol. The summed E-state index contributed by atoms with van der Waals surface area (Å²) in [5.74, 6) is 0.881. The number of rotatable bonds is 0. The van der Waals surface area contributed by atoms with Gasteiger partial charge in [0.2, 0.25) is 0 Å². The number of nitrogens with zero attached hydrogens (tertiary/aromatic N) is 2. The Morgan fingerprint density at radius 3 is 3.00 bits per heavy atom. The maximum atomic E-state index is 8.02. The molecule has 15 heavy (non-hydrogen) atoms. The average Bonchev–Trinajstić information content (AvgIpc) is 2.75. The Morgan fingerprint density at radius 1 is 1.33 bits per heavy atom. The first kappa shape index (κ1) is 8.79. The monoisotopic (exact) mass is 218 g/mol. The van der Waals surface area contributed by atoms with Gasteiger partial charge in [0, 0.05) is 17.0 Å². The molecule has 3 rings (SSSR count). The van der Waals surface area contributed by atoms with Crippen LogP contribution in [0.1, 0.15) is 5.56 Å². The third kappa shape index (κ3) is 1.10. The Labute approximate surface area is 90.0 Å². The molecule has 5 heteroatoms. The van der Waals surface area contributed by atoms with E-state index in [4.69, 9.17) is 10.2 Å². The second-order valence-electron chi connectivity index (χ2n) is 3.46. The van der Waals surface area contributed by atoms with Crippen LogP contribution in [0.4, 0.5) is 0 Å². The van der Waals surface area contributed by atoms with E-state index >= 15 is 0 Å². The molecule has 1 atom stereocenters. The second-order valence-corrected chi connectivity index (χ2v) is 4.90. The molecule has 2 aliphatic heterocycles. The van der Waals surface area contributed by atoms with Gasteiger partial charge in [-0.1, -0.05) is 18.2 Å². The Bertz CT molecular complexity index is 506. The normalized spacial score (nSPS) is 23.5. The predicted octanol–water partition coefficient (Wildman–Crippen LogP) is 1.44. The molecule has 0 aromatic heterocycles. The molecule has 1 aromatic carbocycles. The fourth-order valence-corrected chi connectivity index (χ4v) is 3.12. The van der Waals surface area contributed by atoms with Crippen LogP contribution in [-0.2, 0) is 10.7 Å². The number of aliphatic imine (C=N–C) groups is 1. The maximum absolute atomic E-state index is 8.02. The third-order valence-corrected chi connectivity index (χ3v) is 4.03. The molecule has 0 fully saturated rings. The maximum Gasteiger partial charge on any atom is 0.177 e. The zero-order chi connectivity index (χ0) is 10.4. The first-order valence-corrected chi connectivity index (χ1v) is 5.97. The first-order valence-electron chi connectivity index (χ1n) is 4.74. The number of benzene rings is 1. The van der Waals surface area contributed by atoms with Crippen LogP contribution in [0.2, 0.25) is 0 Å². The molecule has 2 N–H and O–H groups in total. The van der Waals surface area contributed by atoms with Crippen LogP contribution in [0.3, 0.4) is 0 Å². The van der Waals surface area contributed by atoms with Gasteiger partial charge in [-0.05, 0) is 16.8 Å². The van der Waals surface area contributed by atoms with Gasteiger partial charge in [0.05, 0.1) is 6.54 Å². The summed E-state index contributed by atoms with van der Waals surface area (Å²) in [6.45, 7) is 1.49. The van der Waals surface area contributed by atoms with E-state index in [2.05, 4.69) is 4.99 Å². The van der Waals surface area contributed by atoms with Gasteiger partial charge in [-0.25, -0.2) is 0 Å². The molecule has 1 aromatic rings. The van der Waals surface area contributed by atoms with E-state index in [9.17, 15) is 0 Å². The van der Waals surface area contributed by atoms with E-state index in [0.717, 1.165) is 29.4 Å². The van der Waals surface area contributed by atoms with Crippen molar-refractivity contribution in [1.82, 2.24) is 4.90 Å². The summed E-state index contributed by atoms with van der Waals surface area (Å²) in [4.78, 5) is 7.20. The summed E-state index contributed by atoms with van der Waals surface area (Å²) in [5.41, 5.74) is 1.03. The molecular weight excluding hydrogens is 208 g/mol. The molecule has 0 radical (unpaired) electrons. The Hall–Kier alpha value is -1.49. The van der Waals surface area contributed by atoms with Crippen molar-refractivity contribution in [2.24, 2.45) is 4.99 Å². The van der Waals surface area contributed by atoms with Crippen LogP contribution < -0.4 is 0 Å². The van der Waals surface area contributed by atoms with E-state index in [1.54, 1.807) is 0 Å². The van der Waals surface area contributed by atoms with Crippen LogP contribution in [-0.4, -0.2) is 29.0 Å². The minimum Gasteiger partial charge on any atom is -0.303 e. The topological polar surface area (TPSA) is 63.3 Å². The van der Waals surface area contributed by atoms with Crippen LogP contribution in [0.5, 0.6) is 0 Å². The quantitative estimate of drug-likeness (QED) is 0.680. The third-order valence-electron chi connectivity index (χ3n) is 2.63. The van der Waals surface area contributed by atoms with Gasteiger partial charge in [-0.15, -0.1) is 0 Å². The molecule has 0 saturated carbocycles. The Kier molecular flexibility index (Phi) is 1.76. The largest absolute Gasteiger partial charge is 0.303 e. The van der Waals surface area contributed by atoms with Crippen molar-refractivity contribution in [2.45, 2.75) is 4.90 Å². The highest BCUT2D eigenvalue weighted by Gasteiger charge is 2.32. The number of hydrogen-bond acceptors (Lipinski definition) is 3. The minimum absolute atomic E-state index is 0.380. The minimum atomic E-state index is -0.842. The van der Waals surface area contributed by atoms with Gasteiger partial charge >= 0.3 is 0 Å². The van der Waals surface area contributed by atoms with Gasteiger partial charge in [-0.2, -0.15) is 0 Å².